The van der Waals surface area contributed by atoms with Gasteiger partial charge >= 0.3 is 29.4 Å². The van der Waals surface area contributed by atoms with Crippen LogP contribution in [0.25, 0.3) is 11.1 Å². The summed E-state index contributed by atoms with van der Waals surface area (Å²) < 4.78 is 36.1. The second-order valence-corrected chi connectivity index (χ2v) is 13.7. The summed E-state index contributed by atoms with van der Waals surface area (Å²) in [6.07, 6.45) is -1.38. The molecule has 1 fully saturated rings. The molecule has 5 aromatic carbocycles. The van der Waals surface area contributed by atoms with Crippen molar-refractivity contribution in [3.8, 4) is 16.9 Å². The van der Waals surface area contributed by atoms with E-state index in [0.717, 1.165) is 32.1 Å². The smallest absolute Gasteiger partial charge is 0.414 e. The molecule has 1 aliphatic rings. The van der Waals surface area contributed by atoms with Gasteiger partial charge in [0, 0.05) is 6.54 Å². The second-order valence-electron chi connectivity index (χ2n) is 12.7. The Balaban J connectivity index is 1.09. The van der Waals surface area contributed by atoms with Gasteiger partial charge in [-0.15, -0.1) is 0 Å². The molecule has 13 nitrogen and oxygen atoms in total. The number of rotatable bonds is 15. The summed E-state index contributed by atoms with van der Waals surface area (Å²) in [5.41, 5.74) is 4.15. The van der Waals surface area contributed by atoms with Gasteiger partial charge in [0.05, 0.1) is 5.92 Å². The van der Waals surface area contributed by atoms with Crippen molar-refractivity contribution < 1.29 is 41.8 Å². The number of carbonyl (C=O) groups is 4. The fraction of sp³-hybridized carbons (Fsp3) is 0.186. The standard InChI is InChI=1S/C43H40N4O9S/c48-39-37(22-13-27-44-41(45-42(50)54-29-32-16-7-2-8-17-32)46-43(51)55-30-33-18-9-3-10-19-33)38(40(49)53-28-31-14-5-1-6-15-31)47(39)57(52)56-36-25-23-35(24-26-36)34-20-11-4-12-21-34/h1-12,14-21,23-26,37-38H,13,22,27-30H2,(H2,44,45,46,50,51). The molecule has 0 aliphatic carbocycles. The van der Waals surface area contributed by atoms with Gasteiger partial charge < -0.3 is 18.4 Å². The van der Waals surface area contributed by atoms with E-state index >= 15 is 0 Å². The van der Waals surface area contributed by atoms with Gasteiger partial charge in [-0.3, -0.25) is 20.4 Å². The van der Waals surface area contributed by atoms with Crippen LogP contribution < -0.4 is 14.8 Å². The van der Waals surface area contributed by atoms with Gasteiger partial charge in [-0.25, -0.2) is 18.7 Å². The number of aliphatic imine (C=N–C) groups is 1. The van der Waals surface area contributed by atoms with Gasteiger partial charge in [-0.2, -0.15) is 4.21 Å². The maximum absolute atomic E-state index is 13.5. The first-order valence-electron chi connectivity index (χ1n) is 18.1. The largest absolute Gasteiger partial charge is 0.459 e. The SMILES string of the molecule is O=C(NC(=NCCCC1C(=O)N(S(=O)Oc2ccc(-c3ccccc3)cc2)C1C(=O)OCc1ccccc1)NC(=O)OCc1ccccc1)OCc1ccccc1. The number of ether oxygens (including phenoxy) is 3. The highest BCUT2D eigenvalue weighted by atomic mass is 32.2. The predicted molar refractivity (Wildman–Crippen MR) is 212 cm³/mol. The molecule has 6 rings (SSSR count). The lowest BCUT2D eigenvalue weighted by Gasteiger charge is -2.42. The number of guanidine groups is 1. The molecule has 57 heavy (non-hydrogen) atoms. The predicted octanol–water partition coefficient (Wildman–Crippen LogP) is 6.87. The molecule has 1 aliphatic heterocycles. The maximum atomic E-state index is 13.5. The van der Waals surface area contributed by atoms with Gasteiger partial charge in [-0.1, -0.05) is 133 Å². The Morgan fingerprint density at radius 2 is 1.07 bits per heavy atom. The third-order valence-corrected chi connectivity index (χ3v) is 9.80. The van der Waals surface area contributed by atoms with Crippen LogP contribution in [0.3, 0.4) is 0 Å². The Morgan fingerprint density at radius 1 is 0.614 bits per heavy atom. The highest BCUT2D eigenvalue weighted by Gasteiger charge is 2.55. The van der Waals surface area contributed by atoms with E-state index in [0.29, 0.717) is 0 Å². The van der Waals surface area contributed by atoms with Crippen molar-refractivity contribution in [3.63, 3.8) is 0 Å². The first-order valence-corrected chi connectivity index (χ1v) is 19.2. The van der Waals surface area contributed by atoms with Crippen LogP contribution in [0.15, 0.2) is 151 Å². The number of β-lactam (4-membered cyclic amide) rings is 1. The number of hydrogen-bond acceptors (Lipinski definition) is 10. The molecular formula is C43H40N4O9S. The molecule has 0 saturated carbocycles. The maximum Gasteiger partial charge on any atom is 0.414 e. The molecule has 0 bridgehead atoms. The molecule has 2 N–H and O–H groups in total. The zero-order chi connectivity index (χ0) is 39.8. The average molecular weight is 789 g/mol. The minimum atomic E-state index is -2.36. The van der Waals surface area contributed by atoms with Crippen LogP contribution in [-0.2, 0) is 54.9 Å². The van der Waals surface area contributed by atoms with Crippen molar-refractivity contribution in [1.82, 2.24) is 14.9 Å². The Morgan fingerprint density at radius 3 is 1.58 bits per heavy atom. The summed E-state index contributed by atoms with van der Waals surface area (Å²) in [6, 6.07) is 42.5. The third-order valence-electron chi connectivity index (χ3n) is 8.73. The van der Waals surface area contributed by atoms with E-state index in [4.69, 9.17) is 18.4 Å². The lowest BCUT2D eigenvalue weighted by atomic mass is 9.86. The summed E-state index contributed by atoms with van der Waals surface area (Å²) in [4.78, 5) is 56.6. The molecule has 3 amide bonds. The van der Waals surface area contributed by atoms with Crippen LogP contribution in [0, 0.1) is 5.92 Å². The number of esters is 1. The minimum absolute atomic E-state index is 0.0101. The Bertz CT molecular complexity index is 2100. The van der Waals surface area contributed by atoms with E-state index in [1.165, 1.54) is 0 Å². The van der Waals surface area contributed by atoms with Crippen molar-refractivity contribution in [3.05, 3.63) is 162 Å². The minimum Gasteiger partial charge on any atom is -0.459 e. The Labute approximate surface area is 332 Å². The molecule has 0 aromatic heterocycles. The van der Waals surface area contributed by atoms with Crippen LogP contribution in [0.1, 0.15) is 29.5 Å². The van der Waals surface area contributed by atoms with Crippen molar-refractivity contribution in [2.24, 2.45) is 10.9 Å². The second kappa shape index (κ2) is 20.2. The molecule has 1 saturated heterocycles. The molecule has 0 radical (unpaired) electrons. The molecule has 1 heterocycles. The van der Waals surface area contributed by atoms with Crippen molar-refractivity contribution >= 4 is 41.3 Å². The van der Waals surface area contributed by atoms with Crippen LogP contribution >= 0.6 is 0 Å². The Kier molecular flexibility index (Phi) is 14.1. The zero-order valence-electron chi connectivity index (χ0n) is 30.7. The van der Waals surface area contributed by atoms with E-state index in [2.05, 4.69) is 15.6 Å². The Hall–Kier alpha value is -6.80. The van der Waals surface area contributed by atoms with Gasteiger partial charge in [0.25, 0.3) is 0 Å². The van der Waals surface area contributed by atoms with Crippen LogP contribution in [0.2, 0.25) is 0 Å². The van der Waals surface area contributed by atoms with E-state index in [1.54, 1.807) is 60.7 Å². The van der Waals surface area contributed by atoms with Gasteiger partial charge in [0.2, 0.25) is 11.9 Å². The molecule has 3 unspecified atom stereocenters. The highest BCUT2D eigenvalue weighted by Crippen LogP contribution is 2.34. The first-order chi connectivity index (χ1) is 27.8. The number of hydrogen-bond donors (Lipinski definition) is 2. The molecule has 3 atom stereocenters. The number of carbonyl (C=O) groups excluding carboxylic acids is 4. The summed E-state index contributed by atoms with van der Waals surface area (Å²) in [7, 11) is 0. The summed E-state index contributed by atoms with van der Waals surface area (Å²) in [5.74, 6) is -2.20. The molecule has 0 spiro atoms. The lowest BCUT2D eigenvalue weighted by molar-refractivity contribution is -0.167. The number of nitrogens with zero attached hydrogens (tertiary/aromatic N) is 2. The molecule has 292 valence electrons. The number of benzene rings is 5. The van der Waals surface area contributed by atoms with Crippen molar-refractivity contribution in [2.45, 2.75) is 38.7 Å². The van der Waals surface area contributed by atoms with E-state index in [-0.39, 0.29) is 50.9 Å². The van der Waals surface area contributed by atoms with Gasteiger partial charge in [0.15, 0.2) is 6.04 Å². The monoisotopic (exact) mass is 788 g/mol. The van der Waals surface area contributed by atoms with Crippen LogP contribution in [-0.4, -0.2) is 51.1 Å². The number of alkyl carbamates (subject to hydrolysis) is 2. The number of amides is 3. The van der Waals surface area contributed by atoms with Crippen molar-refractivity contribution in [1.29, 1.82) is 0 Å². The highest BCUT2D eigenvalue weighted by molar-refractivity contribution is 7.78. The normalized spacial score (nSPS) is 14.9. The summed E-state index contributed by atoms with van der Waals surface area (Å²) in [6.45, 7) is -0.0869. The topological polar surface area (TPSA) is 162 Å². The first kappa shape index (κ1) is 39.9. The van der Waals surface area contributed by atoms with Crippen LogP contribution in [0.5, 0.6) is 5.75 Å². The summed E-state index contributed by atoms with van der Waals surface area (Å²) in [5, 5.41) is 4.86. The van der Waals surface area contributed by atoms with E-state index in [1.807, 2.05) is 84.9 Å². The fourth-order valence-corrected chi connectivity index (χ4v) is 6.88. The third kappa shape index (κ3) is 11.6. The van der Waals surface area contributed by atoms with E-state index < -0.39 is 47.3 Å². The molecular weight excluding hydrogens is 749 g/mol. The fourth-order valence-electron chi connectivity index (χ4n) is 5.82. The van der Waals surface area contributed by atoms with E-state index in [9.17, 15) is 23.4 Å². The lowest BCUT2D eigenvalue weighted by Crippen LogP contribution is -2.65. The summed E-state index contributed by atoms with van der Waals surface area (Å²) >= 11 is -2.36. The van der Waals surface area contributed by atoms with Crippen molar-refractivity contribution in [2.75, 3.05) is 6.54 Å². The zero-order valence-corrected chi connectivity index (χ0v) is 31.5. The number of nitrogens with one attached hydrogen (secondary N) is 2. The molecule has 14 heteroatoms. The van der Waals surface area contributed by atoms with Gasteiger partial charge in [0.1, 0.15) is 25.6 Å². The van der Waals surface area contributed by atoms with Gasteiger partial charge in [-0.05, 0) is 52.8 Å². The van der Waals surface area contributed by atoms with Crippen LogP contribution in [0.4, 0.5) is 9.59 Å². The average Bonchev–Trinajstić information content (AvgIpc) is 3.24. The molecule has 5 aromatic rings. The quantitative estimate of drug-likeness (QED) is 0.0288.